The normalized spacial score (nSPS) is 13.4. The first-order valence-corrected chi connectivity index (χ1v) is 5.16. The van der Waals surface area contributed by atoms with E-state index in [1.165, 1.54) is 0 Å². The zero-order valence-corrected chi connectivity index (χ0v) is 9.87. The van der Waals surface area contributed by atoms with Gasteiger partial charge in [-0.25, -0.2) is 0 Å². The Hall–Kier alpha value is -0.900. The quantitative estimate of drug-likeness (QED) is 0.558. The Bertz CT molecular complexity index is 227. The molecule has 88 valence electrons. The highest BCUT2D eigenvalue weighted by molar-refractivity contribution is 5.95. The molecular weight excluding hydrogens is 196 g/mol. The van der Waals surface area contributed by atoms with Gasteiger partial charge in [-0.3, -0.25) is 9.59 Å². The van der Waals surface area contributed by atoms with Crippen LogP contribution in [0.1, 0.15) is 47.0 Å². The Morgan fingerprint density at radius 3 is 2.27 bits per heavy atom. The van der Waals surface area contributed by atoms with Crippen LogP contribution in [0.5, 0.6) is 0 Å². The summed E-state index contributed by atoms with van der Waals surface area (Å²) in [6.45, 7) is 7.02. The SMILES string of the molecule is CC[C@@H](O)CC(=O)CC(=O)OC(C)(C)C. The first-order valence-electron chi connectivity index (χ1n) is 5.16. The van der Waals surface area contributed by atoms with Crippen molar-refractivity contribution in [2.75, 3.05) is 0 Å². The fourth-order valence-corrected chi connectivity index (χ4v) is 1.02. The predicted octanol–water partition coefficient (Wildman–Crippen LogP) is 1.45. The molecule has 15 heavy (non-hydrogen) atoms. The number of hydrogen-bond acceptors (Lipinski definition) is 4. The molecule has 0 aliphatic rings. The second kappa shape index (κ2) is 5.85. The second-order valence-corrected chi connectivity index (χ2v) is 4.57. The molecule has 1 atom stereocenters. The van der Waals surface area contributed by atoms with Crippen molar-refractivity contribution in [3.63, 3.8) is 0 Å². The lowest BCUT2D eigenvalue weighted by atomic mass is 10.1. The summed E-state index contributed by atoms with van der Waals surface area (Å²) in [7, 11) is 0. The molecule has 4 heteroatoms. The van der Waals surface area contributed by atoms with Crippen molar-refractivity contribution in [3.8, 4) is 0 Å². The highest BCUT2D eigenvalue weighted by Crippen LogP contribution is 2.09. The molecule has 0 spiro atoms. The molecule has 0 aromatic carbocycles. The number of ketones is 1. The number of carbonyl (C=O) groups excluding carboxylic acids is 2. The molecule has 0 aliphatic heterocycles. The van der Waals surface area contributed by atoms with E-state index in [1.807, 2.05) is 0 Å². The Morgan fingerprint density at radius 2 is 1.87 bits per heavy atom. The van der Waals surface area contributed by atoms with E-state index in [-0.39, 0.29) is 18.6 Å². The van der Waals surface area contributed by atoms with Gasteiger partial charge in [0, 0.05) is 6.42 Å². The monoisotopic (exact) mass is 216 g/mol. The Kier molecular flexibility index (Phi) is 5.50. The number of Topliss-reactive ketones (excluding diaryl/α,β-unsaturated/α-hetero) is 1. The summed E-state index contributed by atoms with van der Waals surface area (Å²) < 4.78 is 4.98. The van der Waals surface area contributed by atoms with Crippen LogP contribution in [0.3, 0.4) is 0 Å². The zero-order valence-electron chi connectivity index (χ0n) is 9.87. The van der Waals surface area contributed by atoms with Crippen LogP contribution >= 0.6 is 0 Å². The maximum Gasteiger partial charge on any atom is 0.313 e. The van der Waals surface area contributed by atoms with Gasteiger partial charge in [0.25, 0.3) is 0 Å². The van der Waals surface area contributed by atoms with Gasteiger partial charge in [-0.1, -0.05) is 6.92 Å². The molecule has 0 heterocycles. The number of rotatable bonds is 5. The average Bonchev–Trinajstić information content (AvgIpc) is 1.99. The van der Waals surface area contributed by atoms with Gasteiger partial charge in [0.1, 0.15) is 17.8 Å². The van der Waals surface area contributed by atoms with Crippen molar-refractivity contribution in [3.05, 3.63) is 0 Å². The van der Waals surface area contributed by atoms with Gasteiger partial charge in [-0.15, -0.1) is 0 Å². The maximum atomic E-state index is 11.2. The van der Waals surface area contributed by atoms with Crippen LogP contribution < -0.4 is 0 Å². The van der Waals surface area contributed by atoms with E-state index in [2.05, 4.69) is 0 Å². The summed E-state index contributed by atoms with van der Waals surface area (Å²) in [6.07, 6.45) is -0.371. The number of esters is 1. The van der Waals surface area contributed by atoms with E-state index in [4.69, 9.17) is 4.74 Å². The predicted molar refractivity (Wildman–Crippen MR) is 56.4 cm³/mol. The number of aliphatic hydroxyl groups is 1. The van der Waals surface area contributed by atoms with Crippen molar-refractivity contribution >= 4 is 11.8 Å². The summed E-state index contributed by atoms with van der Waals surface area (Å²) >= 11 is 0. The van der Waals surface area contributed by atoms with Gasteiger partial charge in [0.2, 0.25) is 0 Å². The smallest absolute Gasteiger partial charge is 0.313 e. The lowest BCUT2D eigenvalue weighted by Crippen LogP contribution is -2.26. The third-order valence-electron chi connectivity index (χ3n) is 1.70. The summed E-state index contributed by atoms with van der Waals surface area (Å²) in [4.78, 5) is 22.5. The van der Waals surface area contributed by atoms with Gasteiger partial charge >= 0.3 is 5.97 Å². The van der Waals surface area contributed by atoms with Gasteiger partial charge in [0.15, 0.2) is 0 Å². The number of ether oxygens (including phenoxy) is 1. The van der Waals surface area contributed by atoms with E-state index in [1.54, 1.807) is 27.7 Å². The van der Waals surface area contributed by atoms with Gasteiger partial charge in [0.05, 0.1) is 6.10 Å². The van der Waals surface area contributed by atoms with E-state index in [9.17, 15) is 14.7 Å². The molecule has 0 bridgehead atoms. The minimum Gasteiger partial charge on any atom is -0.460 e. The number of aliphatic hydroxyl groups excluding tert-OH is 1. The van der Waals surface area contributed by atoms with E-state index in [0.29, 0.717) is 6.42 Å². The minimum absolute atomic E-state index is 0.0236. The molecule has 0 saturated heterocycles. The van der Waals surface area contributed by atoms with Crippen molar-refractivity contribution in [2.24, 2.45) is 0 Å². The summed E-state index contributed by atoms with van der Waals surface area (Å²) in [5.41, 5.74) is -0.569. The molecule has 0 amide bonds. The van der Waals surface area contributed by atoms with Crippen LogP contribution in [0.25, 0.3) is 0 Å². The van der Waals surface area contributed by atoms with Crippen LogP contribution in [-0.2, 0) is 14.3 Å². The first-order chi connectivity index (χ1) is 6.74. The highest BCUT2D eigenvalue weighted by Gasteiger charge is 2.19. The van der Waals surface area contributed by atoms with Crippen molar-refractivity contribution < 1.29 is 19.4 Å². The minimum atomic E-state index is -0.653. The molecule has 0 aromatic heterocycles. The Morgan fingerprint density at radius 1 is 1.33 bits per heavy atom. The second-order valence-electron chi connectivity index (χ2n) is 4.57. The molecule has 0 rings (SSSR count). The van der Waals surface area contributed by atoms with Crippen LogP contribution in [0.15, 0.2) is 0 Å². The average molecular weight is 216 g/mol. The molecule has 0 radical (unpaired) electrons. The number of hydrogen-bond donors (Lipinski definition) is 1. The topological polar surface area (TPSA) is 63.6 Å². The summed E-state index contributed by atoms with van der Waals surface area (Å²) in [5.74, 6) is -0.811. The molecule has 0 aliphatic carbocycles. The Balaban J connectivity index is 3.92. The largest absolute Gasteiger partial charge is 0.460 e. The molecule has 0 aromatic rings. The molecule has 4 nitrogen and oxygen atoms in total. The molecular formula is C11H20O4. The van der Waals surface area contributed by atoms with Crippen LogP contribution in [-0.4, -0.2) is 28.6 Å². The van der Waals surface area contributed by atoms with Crippen molar-refractivity contribution in [1.29, 1.82) is 0 Å². The fraction of sp³-hybridized carbons (Fsp3) is 0.818. The van der Waals surface area contributed by atoms with E-state index < -0.39 is 17.7 Å². The maximum absolute atomic E-state index is 11.2. The third kappa shape index (κ3) is 8.12. The Labute approximate surface area is 90.6 Å². The highest BCUT2D eigenvalue weighted by atomic mass is 16.6. The molecule has 0 fully saturated rings. The molecule has 0 unspecified atom stereocenters. The van der Waals surface area contributed by atoms with Gasteiger partial charge < -0.3 is 9.84 Å². The third-order valence-corrected chi connectivity index (χ3v) is 1.70. The van der Waals surface area contributed by atoms with Crippen LogP contribution in [0.2, 0.25) is 0 Å². The lowest BCUT2D eigenvalue weighted by Gasteiger charge is -2.19. The van der Waals surface area contributed by atoms with E-state index in [0.717, 1.165) is 0 Å². The van der Waals surface area contributed by atoms with E-state index >= 15 is 0 Å². The summed E-state index contributed by atoms with van der Waals surface area (Å²) in [5, 5.41) is 9.20. The van der Waals surface area contributed by atoms with Gasteiger partial charge in [-0.05, 0) is 27.2 Å². The number of carbonyl (C=O) groups is 2. The molecule has 0 saturated carbocycles. The van der Waals surface area contributed by atoms with Gasteiger partial charge in [-0.2, -0.15) is 0 Å². The first kappa shape index (κ1) is 14.1. The molecule has 1 N–H and O–H groups in total. The lowest BCUT2D eigenvalue weighted by molar-refractivity contribution is -0.156. The summed E-state index contributed by atoms with van der Waals surface area (Å²) in [6, 6.07) is 0. The standard InChI is InChI=1S/C11H20O4/c1-5-8(12)6-9(13)7-10(14)15-11(2,3)4/h8,12H,5-7H2,1-4H3/t8-/m1/s1. The van der Waals surface area contributed by atoms with Crippen LogP contribution in [0.4, 0.5) is 0 Å². The van der Waals surface area contributed by atoms with Crippen LogP contribution in [0, 0.1) is 0 Å². The van der Waals surface area contributed by atoms with Crippen molar-refractivity contribution in [1.82, 2.24) is 0 Å². The van der Waals surface area contributed by atoms with Crippen molar-refractivity contribution in [2.45, 2.75) is 58.7 Å². The fourth-order valence-electron chi connectivity index (χ4n) is 1.02. The zero-order chi connectivity index (χ0) is 12.1.